The molecule has 1 aromatic heterocycles. The zero-order chi connectivity index (χ0) is 16.4. The monoisotopic (exact) mass is 377 g/mol. The van der Waals surface area contributed by atoms with E-state index in [9.17, 15) is 19.5 Å². The number of H-pyrrole nitrogens is 1. The third-order valence-corrected chi connectivity index (χ3v) is 5.28. The first-order valence-corrected chi connectivity index (χ1v) is 7.89. The number of nitrogens with one attached hydrogen (secondary N) is 3. The van der Waals surface area contributed by atoms with Gasteiger partial charge in [-0.15, -0.1) is 0 Å². The number of amides is 3. The number of urea groups is 1. The first kappa shape index (κ1) is 14.3. The molecule has 4 N–H and O–H groups in total. The molecule has 8 heteroatoms. The minimum absolute atomic E-state index is 0.187. The smallest absolute Gasteiger partial charge is 0.337 e. The molecule has 118 valence electrons. The number of aromatic amines is 1. The van der Waals surface area contributed by atoms with Gasteiger partial charge >= 0.3 is 12.0 Å². The molecule has 1 unspecified atom stereocenters. The predicted octanol–water partition coefficient (Wildman–Crippen LogP) is 1.70. The Morgan fingerprint density at radius 1 is 1.30 bits per heavy atom. The summed E-state index contributed by atoms with van der Waals surface area (Å²) < 4.78 is 0.761. The van der Waals surface area contributed by atoms with Crippen LogP contribution in [0.1, 0.15) is 28.0 Å². The van der Waals surface area contributed by atoms with Gasteiger partial charge in [-0.1, -0.05) is 15.9 Å². The van der Waals surface area contributed by atoms with Crippen LogP contribution >= 0.6 is 15.9 Å². The van der Waals surface area contributed by atoms with Gasteiger partial charge in [-0.3, -0.25) is 10.1 Å². The molecule has 1 fully saturated rings. The van der Waals surface area contributed by atoms with Crippen LogP contribution in [-0.2, 0) is 17.6 Å². The molecule has 23 heavy (non-hydrogen) atoms. The Bertz CT molecular complexity index is 904. The predicted molar refractivity (Wildman–Crippen MR) is 84.4 cm³/mol. The van der Waals surface area contributed by atoms with Crippen LogP contribution in [-0.4, -0.2) is 33.5 Å². The van der Waals surface area contributed by atoms with Crippen molar-refractivity contribution in [3.63, 3.8) is 0 Å². The molecule has 1 atom stereocenters. The molecule has 0 bridgehead atoms. The fourth-order valence-corrected chi connectivity index (χ4v) is 4.09. The lowest BCUT2D eigenvalue weighted by molar-refractivity contribution is -0.124. The Hall–Kier alpha value is -2.35. The highest BCUT2D eigenvalue weighted by atomic mass is 79.9. The van der Waals surface area contributed by atoms with Crippen molar-refractivity contribution in [3.8, 4) is 0 Å². The summed E-state index contributed by atoms with van der Waals surface area (Å²) in [6.45, 7) is 0. The van der Waals surface area contributed by atoms with E-state index in [1.165, 1.54) is 6.07 Å². The number of carbonyl (C=O) groups is 3. The van der Waals surface area contributed by atoms with Gasteiger partial charge < -0.3 is 15.4 Å². The van der Waals surface area contributed by atoms with Gasteiger partial charge in [0.05, 0.1) is 11.1 Å². The average molecular weight is 378 g/mol. The first-order valence-electron chi connectivity index (χ1n) is 7.10. The minimum atomic E-state index is -1.01. The maximum absolute atomic E-state index is 12.2. The van der Waals surface area contributed by atoms with E-state index in [0.29, 0.717) is 24.8 Å². The lowest BCUT2D eigenvalue weighted by Gasteiger charge is -2.30. The number of halogens is 1. The normalized spacial score (nSPS) is 23.0. The Morgan fingerprint density at radius 3 is 2.74 bits per heavy atom. The molecule has 7 nitrogen and oxygen atoms in total. The van der Waals surface area contributed by atoms with Gasteiger partial charge in [0.25, 0.3) is 5.91 Å². The molecule has 2 aromatic rings. The topological polar surface area (TPSA) is 111 Å². The summed E-state index contributed by atoms with van der Waals surface area (Å²) in [4.78, 5) is 38.3. The number of aromatic nitrogens is 1. The van der Waals surface area contributed by atoms with Gasteiger partial charge in [-0.2, -0.15) is 0 Å². The lowest BCUT2D eigenvalue weighted by Crippen LogP contribution is -2.51. The van der Waals surface area contributed by atoms with E-state index in [0.717, 1.165) is 21.1 Å². The van der Waals surface area contributed by atoms with E-state index in [2.05, 4.69) is 31.5 Å². The van der Waals surface area contributed by atoms with Gasteiger partial charge in [-0.25, -0.2) is 9.59 Å². The number of aryl methyl sites for hydroxylation is 1. The number of aromatic carboxylic acids is 1. The van der Waals surface area contributed by atoms with Gasteiger partial charge in [0.1, 0.15) is 5.54 Å². The lowest BCUT2D eigenvalue weighted by atomic mass is 9.80. The van der Waals surface area contributed by atoms with Crippen LogP contribution in [0.3, 0.4) is 0 Å². The highest BCUT2D eigenvalue weighted by Gasteiger charge is 2.48. The zero-order valence-electron chi connectivity index (χ0n) is 11.8. The molecule has 2 aliphatic rings. The number of carboxylic acids is 1. The van der Waals surface area contributed by atoms with Crippen molar-refractivity contribution in [1.82, 2.24) is 15.6 Å². The van der Waals surface area contributed by atoms with E-state index in [1.807, 2.05) is 0 Å². The fourth-order valence-electron chi connectivity index (χ4n) is 3.52. The van der Waals surface area contributed by atoms with Crippen molar-refractivity contribution in [2.45, 2.75) is 24.8 Å². The van der Waals surface area contributed by atoms with Gasteiger partial charge in [0, 0.05) is 22.0 Å². The molecule has 1 spiro atoms. The largest absolute Gasteiger partial charge is 0.478 e. The maximum Gasteiger partial charge on any atom is 0.337 e. The molecule has 0 radical (unpaired) electrons. The van der Waals surface area contributed by atoms with Crippen molar-refractivity contribution < 1.29 is 19.5 Å². The maximum atomic E-state index is 12.2. The van der Waals surface area contributed by atoms with Gasteiger partial charge in [0.15, 0.2) is 0 Å². The van der Waals surface area contributed by atoms with Crippen molar-refractivity contribution in [2.24, 2.45) is 0 Å². The van der Waals surface area contributed by atoms with Crippen LogP contribution in [0.15, 0.2) is 16.6 Å². The standard InChI is InChI=1S/C15H12BrN3O4/c16-8-2-1-6(12(20)21)11-10(8)7-5-15(4-3-9(7)17-11)13(22)18-14(23)19-15/h1-2,17H,3-5H2,(H,20,21)(H2,18,19,22,23). The highest BCUT2D eigenvalue weighted by molar-refractivity contribution is 9.10. The Labute approximate surface area is 138 Å². The molecular formula is C15H12BrN3O4. The number of imide groups is 1. The summed E-state index contributed by atoms with van der Waals surface area (Å²) in [5.41, 5.74) is 1.57. The van der Waals surface area contributed by atoms with E-state index in [1.54, 1.807) is 6.07 Å². The Balaban J connectivity index is 1.92. The SMILES string of the molecule is O=C1NC(=O)C2(CCc3[nH]c4c(C(=O)O)ccc(Br)c4c3C2)N1. The molecule has 0 saturated carbocycles. The molecule has 1 aliphatic heterocycles. The van der Waals surface area contributed by atoms with Crippen molar-refractivity contribution in [3.05, 3.63) is 33.4 Å². The Morgan fingerprint density at radius 2 is 2.09 bits per heavy atom. The highest BCUT2D eigenvalue weighted by Crippen LogP contribution is 2.39. The molecule has 1 aromatic carbocycles. The Kier molecular flexibility index (Phi) is 2.84. The van der Waals surface area contributed by atoms with Crippen molar-refractivity contribution in [1.29, 1.82) is 0 Å². The number of carboxylic acid groups (broad SMARTS) is 1. The fraction of sp³-hybridized carbons (Fsp3) is 0.267. The van der Waals surface area contributed by atoms with Crippen LogP contribution < -0.4 is 10.6 Å². The zero-order valence-corrected chi connectivity index (χ0v) is 13.4. The first-order chi connectivity index (χ1) is 10.9. The van der Waals surface area contributed by atoms with Crippen LogP contribution in [0.5, 0.6) is 0 Å². The second-order valence-electron chi connectivity index (χ2n) is 5.90. The summed E-state index contributed by atoms with van der Waals surface area (Å²) >= 11 is 3.46. The van der Waals surface area contributed by atoms with Crippen LogP contribution in [0.25, 0.3) is 10.9 Å². The number of rotatable bonds is 1. The number of benzene rings is 1. The second kappa shape index (κ2) is 4.58. The quantitative estimate of drug-likeness (QED) is 0.566. The number of hydrogen-bond donors (Lipinski definition) is 4. The number of hydrogen-bond acceptors (Lipinski definition) is 3. The molecule has 4 rings (SSSR count). The summed E-state index contributed by atoms with van der Waals surface area (Å²) in [6.07, 6.45) is 1.37. The van der Waals surface area contributed by atoms with E-state index in [-0.39, 0.29) is 11.5 Å². The van der Waals surface area contributed by atoms with Gasteiger partial charge in [0.2, 0.25) is 0 Å². The molecule has 1 aliphatic carbocycles. The van der Waals surface area contributed by atoms with Crippen LogP contribution in [0.4, 0.5) is 4.79 Å². The van der Waals surface area contributed by atoms with Crippen LogP contribution in [0, 0.1) is 0 Å². The van der Waals surface area contributed by atoms with E-state index in [4.69, 9.17) is 0 Å². The number of fused-ring (bicyclic) bond motifs is 3. The average Bonchev–Trinajstić information content (AvgIpc) is 2.97. The summed E-state index contributed by atoms with van der Waals surface area (Å²) in [6, 6.07) is 2.74. The van der Waals surface area contributed by atoms with E-state index < -0.39 is 17.5 Å². The summed E-state index contributed by atoms with van der Waals surface area (Å²) in [5, 5.41) is 15.1. The molecule has 3 amide bonds. The van der Waals surface area contributed by atoms with Crippen LogP contribution in [0.2, 0.25) is 0 Å². The summed E-state index contributed by atoms with van der Waals surface area (Å²) in [5.74, 6) is -1.34. The number of carbonyl (C=O) groups excluding carboxylic acids is 2. The third-order valence-electron chi connectivity index (χ3n) is 4.62. The summed E-state index contributed by atoms with van der Waals surface area (Å²) in [7, 11) is 0. The minimum Gasteiger partial charge on any atom is -0.478 e. The third kappa shape index (κ3) is 1.91. The van der Waals surface area contributed by atoms with Crippen molar-refractivity contribution in [2.75, 3.05) is 0 Å². The second-order valence-corrected chi connectivity index (χ2v) is 6.75. The molecule has 2 heterocycles. The van der Waals surface area contributed by atoms with E-state index >= 15 is 0 Å². The van der Waals surface area contributed by atoms with Crippen molar-refractivity contribution >= 4 is 44.7 Å². The molecular weight excluding hydrogens is 366 g/mol. The molecule has 1 saturated heterocycles. The van der Waals surface area contributed by atoms with Gasteiger partial charge in [-0.05, 0) is 30.5 Å².